The van der Waals surface area contributed by atoms with Crippen LogP contribution in [0.15, 0.2) is 158 Å². The number of halogens is 3. The summed E-state index contributed by atoms with van der Waals surface area (Å²) < 4.78 is 48.8. The minimum Gasteiger partial charge on any atom is -0.308 e. The van der Waals surface area contributed by atoms with Crippen molar-refractivity contribution >= 4 is 49.3 Å². The van der Waals surface area contributed by atoms with E-state index in [2.05, 4.69) is 139 Å². The lowest BCUT2D eigenvalue weighted by Gasteiger charge is -2.21. The number of nitrogens with zero attached hydrogens (tertiary/aromatic N) is 3. The number of aryl methyl sites for hydroxylation is 4. The molecule has 0 radical (unpaired) electrons. The van der Waals surface area contributed by atoms with E-state index in [1.54, 1.807) is 18.2 Å². The van der Waals surface area contributed by atoms with E-state index in [1.807, 2.05) is 24.3 Å². The summed E-state index contributed by atoms with van der Waals surface area (Å²) in [5.41, 5.74) is 13.3. The van der Waals surface area contributed by atoms with Crippen molar-refractivity contribution in [1.29, 1.82) is 0 Å². The third-order valence-electron chi connectivity index (χ3n) is 11.7. The van der Waals surface area contributed by atoms with Crippen LogP contribution in [0.1, 0.15) is 27.8 Å². The van der Waals surface area contributed by atoms with Gasteiger partial charge in [0.25, 0.3) is 0 Å². The second-order valence-corrected chi connectivity index (χ2v) is 15.9. The highest BCUT2D eigenvalue weighted by Crippen LogP contribution is 2.46. The van der Waals surface area contributed by atoms with Crippen LogP contribution < -0.4 is 0 Å². The Balaban J connectivity index is 1.37. The Morgan fingerprint density at radius 3 is 1.33 bits per heavy atom. The molecule has 0 aliphatic heterocycles. The summed E-state index contributed by atoms with van der Waals surface area (Å²) in [6, 6.07) is 51.5. The van der Waals surface area contributed by atoms with Crippen LogP contribution in [0.25, 0.3) is 93.2 Å². The van der Waals surface area contributed by atoms with Gasteiger partial charge in [-0.15, -0.1) is 0 Å². The van der Waals surface area contributed by atoms with Crippen LogP contribution in [0.5, 0.6) is 0 Å². The van der Waals surface area contributed by atoms with E-state index in [0.717, 1.165) is 94.2 Å². The van der Waals surface area contributed by atoms with Gasteiger partial charge in [0.05, 0.1) is 45.6 Å². The molecule has 0 N–H and O–H groups in total. The SMILES string of the molecule is [C-]#[N+]c1cc(-n2c3ccccc3c3ccc(-c4cc(C)cc(C)c4)cc32)c(-n2c3ccccc3c3ccc(-c4cc(C)cc(C)c4)cc32)cc1-c1ccccc1C(F)(F)F. The van der Waals surface area contributed by atoms with Gasteiger partial charge in [0.15, 0.2) is 5.69 Å². The van der Waals surface area contributed by atoms with Gasteiger partial charge in [-0.1, -0.05) is 138 Å². The average molecular weight is 786 g/mol. The van der Waals surface area contributed by atoms with Gasteiger partial charge in [0, 0.05) is 21.5 Å². The molecule has 290 valence electrons. The maximum Gasteiger partial charge on any atom is 0.416 e. The second-order valence-electron chi connectivity index (χ2n) is 15.9. The molecule has 0 fully saturated rings. The lowest BCUT2D eigenvalue weighted by Crippen LogP contribution is -2.08. The summed E-state index contributed by atoms with van der Waals surface area (Å²) in [6.45, 7) is 16.9. The predicted octanol–water partition coefficient (Wildman–Crippen LogP) is 15.7. The van der Waals surface area contributed by atoms with Crippen molar-refractivity contribution in [2.75, 3.05) is 0 Å². The molecule has 3 nitrogen and oxygen atoms in total. The molecule has 0 saturated heterocycles. The molecule has 0 saturated carbocycles. The Labute approximate surface area is 346 Å². The van der Waals surface area contributed by atoms with Crippen LogP contribution in [-0.4, -0.2) is 9.13 Å². The van der Waals surface area contributed by atoms with E-state index >= 15 is 0 Å². The highest BCUT2D eigenvalue weighted by molar-refractivity contribution is 6.13. The molecule has 0 atom stereocenters. The van der Waals surface area contributed by atoms with Crippen LogP contribution in [-0.2, 0) is 6.18 Å². The van der Waals surface area contributed by atoms with Gasteiger partial charge in [0.2, 0.25) is 0 Å². The first-order valence-corrected chi connectivity index (χ1v) is 19.9. The van der Waals surface area contributed by atoms with E-state index in [4.69, 9.17) is 6.57 Å². The highest BCUT2D eigenvalue weighted by atomic mass is 19.4. The number of para-hydroxylation sites is 2. The lowest BCUT2D eigenvalue weighted by molar-refractivity contribution is -0.137. The number of hydrogen-bond donors (Lipinski definition) is 0. The van der Waals surface area contributed by atoms with Crippen molar-refractivity contribution in [3.05, 3.63) is 197 Å². The molecular weight excluding hydrogens is 748 g/mol. The van der Waals surface area contributed by atoms with Gasteiger partial charge in [-0.3, -0.25) is 0 Å². The summed E-state index contributed by atoms with van der Waals surface area (Å²) in [4.78, 5) is 3.96. The van der Waals surface area contributed by atoms with Gasteiger partial charge in [-0.05, 0) is 104 Å². The summed E-state index contributed by atoms with van der Waals surface area (Å²) in [5, 5.41) is 4.08. The fraction of sp³-hybridized carbons (Fsp3) is 0.0926. The van der Waals surface area contributed by atoms with E-state index < -0.39 is 11.7 Å². The molecule has 2 heterocycles. The number of rotatable bonds is 5. The Bertz CT molecular complexity index is 3390. The molecule has 0 amide bonds. The Morgan fingerprint density at radius 2 is 0.850 bits per heavy atom. The van der Waals surface area contributed by atoms with Crippen LogP contribution in [0.4, 0.5) is 18.9 Å². The number of fused-ring (bicyclic) bond motifs is 6. The standard InChI is InChI=1S/C54H38F3N3/c1-32-22-33(2)25-38(24-32)36-18-20-43-41-13-7-10-16-48(41)59(50(43)28-36)52-30-45(40-12-6-9-15-46(40)54(55,56)57)47(58-5)31-53(52)60-49-17-11-8-14-42(49)44-21-19-37(29-51(44)60)39-26-34(3)23-35(4)27-39/h6-31H,1-4H3. The smallest absolute Gasteiger partial charge is 0.308 e. The number of hydrogen-bond acceptors (Lipinski definition) is 0. The van der Waals surface area contributed by atoms with Crippen molar-refractivity contribution < 1.29 is 13.2 Å². The summed E-state index contributed by atoms with van der Waals surface area (Å²) >= 11 is 0. The normalized spacial score (nSPS) is 11.9. The molecule has 0 aliphatic rings. The number of alkyl halides is 3. The monoisotopic (exact) mass is 785 g/mol. The summed E-state index contributed by atoms with van der Waals surface area (Å²) in [6.07, 6.45) is -4.64. The van der Waals surface area contributed by atoms with Crippen LogP contribution >= 0.6 is 0 Å². The quantitative estimate of drug-likeness (QED) is 0.154. The van der Waals surface area contributed by atoms with Crippen LogP contribution in [0.2, 0.25) is 0 Å². The van der Waals surface area contributed by atoms with Crippen LogP contribution in [0.3, 0.4) is 0 Å². The first-order chi connectivity index (χ1) is 29.0. The zero-order valence-electron chi connectivity index (χ0n) is 33.5. The van der Waals surface area contributed by atoms with E-state index in [0.29, 0.717) is 11.4 Å². The van der Waals surface area contributed by atoms with Crippen molar-refractivity contribution in [3.63, 3.8) is 0 Å². The molecular formula is C54H38F3N3. The van der Waals surface area contributed by atoms with Crippen molar-refractivity contribution in [2.24, 2.45) is 0 Å². The van der Waals surface area contributed by atoms with Crippen molar-refractivity contribution in [3.8, 4) is 44.8 Å². The third kappa shape index (κ3) is 6.05. The summed E-state index contributed by atoms with van der Waals surface area (Å²) in [7, 11) is 0. The largest absolute Gasteiger partial charge is 0.416 e. The van der Waals surface area contributed by atoms with Crippen molar-refractivity contribution in [1.82, 2.24) is 9.13 Å². The topological polar surface area (TPSA) is 14.2 Å². The molecule has 0 unspecified atom stereocenters. The number of aromatic nitrogens is 2. The molecule has 6 heteroatoms. The zero-order chi connectivity index (χ0) is 41.4. The number of benzene rings is 8. The Kier molecular flexibility index (Phi) is 8.55. The fourth-order valence-electron chi connectivity index (χ4n) is 9.30. The summed E-state index contributed by atoms with van der Waals surface area (Å²) in [5.74, 6) is 0. The second kappa shape index (κ2) is 13.9. The average Bonchev–Trinajstić information content (AvgIpc) is 3.74. The minimum atomic E-state index is -4.64. The predicted molar refractivity (Wildman–Crippen MR) is 242 cm³/mol. The first kappa shape index (κ1) is 36.9. The zero-order valence-corrected chi connectivity index (χ0v) is 33.5. The van der Waals surface area contributed by atoms with Gasteiger partial charge in [-0.2, -0.15) is 13.2 Å². The van der Waals surface area contributed by atoms with Gasteiger partial charge >= 0.3 is 6.18 Å². The molecule has 8 aromatic carbocycles. The molecule has 60 heavy (non-hydrogen) atoms. The van der Waals surface area contributed by atoms with Gasteiger partial charge in [0.1, 0.15) is 0 Å². The Hall–Kier alpha value is -7.36. The maximum absolute atomic E-state index is 14.8. The molecule has 0 aliphatic carbocycles. The van der Waals surface area contributed by atoms with E-state index in [1.165, 1.54) is 12.1 Å². The first-order valence-electron chi connectivity index (χ1n) is 19.9. The minimum absolute atomic E-state index is 0.0418. The van der Waals surface area contributed by atoms with E-state index in [-0.39, 0.29) is 16.8 Å². The van der Waals surface area contributed by atoms with Crippen LogP contribution in [0, 0.1) is 34.3 Å². The molecule has 10 rings (SSSR count). The van der Waals surface area contributed by atoms with Gasteiger partial charge in [-0.25, -0.2) is 4.85 Å². The maximum atomic E-state index is 14.8. The molecule has 0 spiro atoms. The van der Waals surface area contributed by atoms with Crippen molar-refractivity contribution in [2.45, 2.75) is 33.9 Å². The fourth-order valence-corrected chi connectivity index (χ4v) is 9.30. The Morgan fingerprint density at radius 1 is 0.417 bits per heavy atom. The highest BCUT2D eigenvalue weighted by Gasteiger charge is 2.34. The molecule has 0 bridgehead atoms. The molecule has 2 aromatic heterocycles. The van der Waals surface area contributed by atoms with Gasteiger partial charge < -0.3 is 9.13 Å². The molecule has 10 aromatic rings. The van der Waals surface area contributed by atoms with E-state index in [9.17, 15) is 13.2 Å². The third-order valence-corrected chi connectivity index (χ3v) is 11.7. The lowest BCUT2D eigenvalue weighted by atomic mass is 9.96.